The number of carbonyl (C=O) groups excluding carboxylic acids is 1. The molecule has 3 rings (SSSR count). The summed E-state index contributed by atoms with van der Waals surface area (Å²) in [5, 5.41) is 3.19. The summed E-state index contributed by atoms with van der Waals surface area (Å²) in [5.41, 5.74) is 2.60. The maximum atomic E-state index is 11.9. The van der Waals surface area contributed by atoms with E-state index in [1.165, 1.54) is 11.1 Å². The van der Waals surface area contributed by atoms with Crippen LogP contribution in [0.1, 0.15) is 42.9 Å². The summed E-state index contributed by atoms with van der Waals surface area (Å²) in [5.74, 6) is 1.43. The van der Waals surface area contributed by atoms with Crippen molar-refractivity contribution in [3.05, 3.63) is 29.3 Å². The second-order valence-electron chi connectivity index (χ2n) is 5.29. The van der Waals surface area contributed by atoms with Gasteiger partial charge in [0, 0.05) is 5.92 Å². The van der Waals surface area contributed by atoms with Gasteiger partial charge in [-0.3, -0.25) is 4.79 Å². The summed E-state index contributed by atoms with van der Waals surface area (Å²) in [6, 6.07) is 6.39. The molecule has 0 bridgehead atoms. The van der Waals surface area contributed by atoms with Gasteiger partial charge in [0.25, 0.3) is 0 Å². The minimum Gasteiger partial charge on any atom is -0.497 e. The zero-order chi connectivity index (χ0) is 12.5. The van der Waals surface area contributed by atoms with Crippen LogP contribution in [0.4, 0.5) is 0 Å². The molecule has 3 nitrogen and oxygen atoms in total. The molecule has 2 aliphatic rings. The zero-order valence-corrected chi connectivity index (χ0v) is 10.7. The number of hydrogen-bond donors (Lipinski definition) is 1. The van der Waals surface area contributed by atoms with Gasteiger partial charge >= 0.3 is 0 Å². The fraction of sp³-hybridized carbons (Fsp3) is 0.533. The minimum absolute atomic E-state index is 0.202. The van der Waals surface area contributed by atoms with Crippen molar-refractivity contribution in [2.75, 3.05) is 7.11 Å². The van der Waals surface area contributed by atoms with E-state index < -0.39 is 0 Å². The number of nitrogens with one attached hydrogen (secondary N) is 1. The maximum absolute atomic E-state index is 11.9. The first-order chi connectivity index (χ1) is 8.78. The number of amides is 1. The van der Waals surface area contributed by atoms with Crippen molar-refractivity contribution in [1.82, 2.24) is 5.32 Å². The Labute approximate surface area is 108 Å². The van der Waals surface area contributed by atoms with Crippen LogP contribution in [-0.2, 0) is 11.2 Å². The van der Waals surface area contributed by atoms with Crippen LogP contribution in [-0.4, -0.2) is 13.0 Å². The third-order valence-electron chi connectivity index (χ3n) is 3.93. The summed E-state index contributed by atoms with van der Waals surface area (Å²) >= 11 is 0. The lowest BCUT2D eigenvalue weighted by Gasteiger charge is -2.26. The Morgan fingerprint density at radius 2 is 2.17 bits per heavy atom. The minimum atomic E-state index is 0.202. The van der Waals surface area contributed by atoms with Crippen LogP contribution >= 0.6 is 0 Å². The summed E-state index contributed by atoms with van der Waals surface area (Å²) in [6.07, 6.45) is 5.40. The highest BCUT2D eigenvalue weighted by Crippen LogP contribution is 2.34. The second-order valence-corrected chi connectivity index (χ2v) is 5.29. The highest BCUT2D eigenvalue weighted by Gasteiger charge is 2.32. The molecule has 0 unspecified atom stereocenters. The van der Waals surface area contributed by atoms with Gasteiger partial charge in [0.2, 0.25) is 5.91 Å². The molecule has 0 saturated heterocycles. The first kappa shape index (κ1) is 11.6. The van der Waals surface area contributed by atoms with Gasteiger partial charge in [-0.15, -0.1) is 0 Å². The number of aryl methyl sites for hydroxylation is 1. The molecule has 0 aromatic heterocycles. The molecular formula is C15H19NO2. The molecule has 1 saturated carbocycles. The molecule has 18 heavy (non-hydrogen) atoms. The fourth-order valence-corrected chi connectivity index (χ4v) is 2.70. The van der Waals surface area contributed by atoms with Gasteiger partial charge in [0.15, 0.2) is 0 Å². The molecule has 1 fully saturated rings. The van der Waals surface area contributed by atoms with Gasteiger partial charge in [-0.2, -0.15) is 0 Å². The standard InChI is InChI=1S/C15H19NO2/c1-18-12-7-8-13-11(9-12)3-2-4-14(13)16-15(17)10-5-6-10/h7-10,14H,2-6H2,1H3,(H,16,17)/t14-/m1/s1. The summed E-state index contributed by atoms with van der Waals surface area (Å²) in [7, 11) is 1.69. The Morgan fingerprint density at radius 1 is 1.33 bits per heavy atom. The monoisotopic (exact) mass is 245 g/mol. The highest BCUT2D eigenvalue weighted by molar-refractivity contribution is 5.81. The first-order valence-corrected chi connectivity index (χ1v) is 6.75. The van der Waals surface area contributed by atoms with Gasteiger partial charge in [-0.05, 0) is 55.4 Å². The van der Waals surface area contributed by atoms with Crippen LogP contribution in [0.3, 0.4) is 0 Å². The summed E-state index contributed by atoms with van der Waals surface area (Å²) in [4.78, 5) is 11.9. The van der Waals surface area contributed by atoms with Crippen molar-refractivity contribution in [3.8, 4) is 5.75 Å². The zero-order valence-electron chi connectivity index (χ0n) is 10.7. The number of methoxy groups -OCH3 is 1. The largest absolute Gasteiger partial charge is 0.497 e. The SMILES string of the molecule is COc1ccc2c(c1)CCC[C@H]2NC(=O)C1CC1. The fourth-order valence-electron chi connectivity index (χ4n) is 2.70. The topological polar surface area (TPSA) is 38.3 Å². The Kier molecular flexibility index (Phi) is 2.98. The smallest absolute Gasteiger partial charge is 0.223 e. The number of hydrogen-bond acceptors (Lipinski definition) is 2. The third-order valence-corrected chi connectivity index (χ3v) is 3.93. The van der Waals surface area contributed by atoms with Crippen molar-refractivity contribution >= 4 is 5.91 Å². The third kappa shape index (κ3) is 2.22. The van der Waals surface area contributed by atoms with Crippen LogP contribution in [0.25, 0.3) is 0 Å². The predicted molar refractivity (Wildman–Crippen MR) is 69.5 cm³/mol. The van der Waals surface area contributed by atoms with E-state index in [9.17, 15) is 4.79 Å². The number of ether oxygens (including phenoxy) is 1. The molecule has 0 spiro atoms. The Balaban J connectivity index is 1.80. The lowest BCUT2D eigenvalue weighted by molar-refractivity contribution is -0.123. The van der Waals surface area contributed by atoms with Gasteiger partial charge in [-0.1, -0.05) is 6.07 Å². The highest BCUT2D eigenvalue weighted by atomic mass is 16.5. The van der Waals surface area contributed by atoms with E-state index in [-0.39, 0.29) is 17.9 Å². The van der Waals surface area contributed by atoms with Crippen LogP contribution < -0.4 is 10.1 Å². The van der Waals surface area contributed by atoms with Gasteiger partial charge in [-0.25, -0.2) is 0 Å². The Morgan fingerprint density at radius 3 is 2.89 bits per heavy atom. The van der Waals surface area contributed by atoms with Crippen molar-refractivity contribution < 1.29 is 9.53 Å². The van der Waals surface area contributed by atoms with Crippen LogP contribution in [0.15, 0.2) is 18.2 Å². The number of benzene rings is 1. The van der Waals surface area contributed by atoms with Crippen molar-refractivity contribution in [1.29, 1.82) is 0 Å². The lowest BCUT2D eigenvalue weighted by atomic mass is 9.87. The van der Waals surface area contributed by atoms with Crippen LogP contribution in [0.2, 0.25) is 0 Å². The number of fused-ring (bicyclic) bond motifs is 1. The molecule has 0 radical (unpaired) electrons. The average molecular weight is 245 g/mol. The molecule has 1 aromatic carbocycles. The first-order valence-electron chi connectivity index (χ1n) is 6.75. The quantitative estimate of drug-likeness (QED) is 0.889. The van der Waals surface area contributed by atoms with Crippen molar-refractivity contribution in [3.63, 3.8) is 0 Å². The number of rotatable bonds is 3. The lowest BCUT2D eigenvalue weighted by Crippen LogP contribution is -2.31. The molecular weight excluding hydrogens is 226 g/mol. The van der Waals surface area contributed by atoms with Crippen molar-refractivity contribution in [2.24, 2.45) is 5.92 Å². The summed E-state index contributed by atoms with van der Waals surface area (Å²) < 4.78 is 5.26. The predicted octanol–water partition coefficient (Wildman–Crippen LogP) is 2.60. The Bertz CT molecular complexity index is 466. The van der Waals surface area contributed by atoms with Gasteiger partial charge < -0.3 is 10.1 Å². The van der Waals surface area contributed by atoms with E-state index >= 15 is 0 Å². The summed E-state index contributed by atoms with van der Waals surface area (Å²) in [6.45, 7) is 0. The molecule has 0 heterocycles. The average Bonchev–Trinajstić information content (AvgIpc) is 3.22. The second kappa shape index (κ2) is 4.63. The molecule has 0 aliphatic heterocycles. The maximum Gasteiger partial charge on any atom is 0.223 e. The van der Waals surface area contributed by atoms with Crippen LogP contribution in [0, 0.1) is 5.92 Å². The van der Waals surface area contributed by atoms with Gasteiger partial charge in [0.1, 0.15) is 5.75 Å². The van der Waals surface area contributed by atoms with Crippen LogP contribution in [0.5, 0.6) is 5.75 Å². The van der Waals surface area contributed by atoms with Gasteiger partial charge in [0.05, 0.1) is 13.2 Å². The Hall–Kier alpha value is -1.51. The number of carbonyl (C=O) groups is 1. The molecule has 96 valence electrons. The van der Waals surface area contributed by atoms with E-state index in [2.05, 4.69) is 17.4 Å². The van der Waals surface area contributed by atoms with E-state index in [1.54, 1.807) is 7.11 Å². The molecule has 1 atom stereocenters. The van der Waals surface area contributed by atoms with E-state index in [1.807, 2.05) is 6.07 Å². The van der Waals surface area contributed by atoms with E-state index in [0.29, 0.717) is 0 Å². The molecule has 1 aromatic rings. The normalized spacial score (nSPS) is 22.2. The molecule has 1 N–H and O–H groups in total. The van der Waals surface area contributed by atoms with E-state index in [0.717, 1.165) is 37.9 Å². The van der Waals surface area contributed by atoms with E-state index in [4.69, 9.17) is 4.74 Å². The van der Waals surface area contributed by atoms with Crippen molar-refractivity contribution in [2.45, 2.75) is 38.1 Å². The molecule has 3 heteroatoms. The molecule has 2 aliphatic carbocycles. The molecule has 1 amide bonds.